The zero-order chi connectivity index (χ0) is 31.8. The van der Waals surface area contributed by atoms with Crippen molar-refractivity contribution in [1.29, 1.82) is 0 Å². The van der Waals surface area contributed by atoms with Gasteiger partial charge in [0.1, 0.15) is 11.8 Å². The first-order chi connectivity index (χ1) is 19.4. The number of Topliss-reactive ketones (excluding diaryl/α,β-unsaturated/α-hetero) is 1. The van der Waals surface area contributed by atoms with Gasteiger partial charge in [0, 0.05) is 19.5 Å². The van der Waals surface area contributed by atoms with E-state index in [1.54, 1.807) is 27.8 Å². The maximum Gasteiger partial charge on any atom is 0.490 e. The average molecular weight is 613 g/mol. The van der Waals surface area contributed by atoms with Crippen LogP contribution in [0.3, 0.4) is 0 Å². The van der Waals surface area contributed by atoms with E-state index in [9.17, 15) is 45.4 Å². The van der Waals surface area contributed by atoms with Crippen molar-refractivity contribution in [2.45, 2.75) is 50.6 Å². The molecule has 1 amide bonds. The van der Waals surface area contributed by atoms with Crippen LogP contribution in [-0.2, 0) is 25.7 Å². The van der Waals surface area contributed by atoms with Crippen LogP contribution in [0.25, 0.3) is 0 Å². The molecule has 1 atom stereocenters. The summed E-state index contributed by atoms with van der Waals surface area (Å²) in [5.74, 6) is -7.32. The Morgan fingerprint density at radius 2 is 1.52 bits per heavy atom. The number of aliphatic hydroxyl groups is 1. The summed E-state index contributed by atoms with van der Waals surface area (Å²) in [6, 6.07) is 6.05. The van der Waals surface area contributed by atoms with Gasteiger partial charge in [-0.2, -0.15) is 30.9 Å². The van der Waals surface area contributed by atoms with Crippen molar-refractivity contribution >= 4 is 29.8 Å². The van der Waals surface area contributed by atoms with Gasteiger partial charge in [0.15, 0.2) is 12.3 Å². The van der Waals surface area contributed by atoms with Gasteiger partial charge in [0.25, 0.3) is 0 Å². The van der Waals surface area contributed by atoms with Crippen molar-refractivity contribution in [2.75, 3.05) is 26.2 Å². The molecule has 1 unspecified atom stereocenters. The largest absolute Gasteiger partial charge is 0.542 e. The molecule has 3 aliphatic rings. The highest BCUT2D eigenvalue weighted by atomic mass is 19.4. The molecule has 0 spiro atoms. The molecule has 10 nitrogen and oxygen atoms in total. The van der Waals surface area contributed by atoms with Crippen molar-refractivity contribution in [3.63, 3.8) is 0 Å². The molecule has 0 saturated carbocycles. The number of amides is 1. The van der Waals surface area contributed by atoms with E-state index in [0.29, 0.717) is 13.1 Å². The molecule has 0 aromatic heterocycles. The summed E-state index contributed by atoms with van der Waals surface area (Å²) in [5.41, 5.74) is 0.892. The van der Waals surface area contributed by atoms with E-state index in [2.05, 4.69) is 4.90 Å². The number of nitrogens with zero attached hydrogens (tertiary/aromatic N) is 3. The molecular formula is C25H26F7N3O7. The van der Waals surface area contributed by atoms with Gasteiger partial charge in [-0.3, -0.25) is 9.59 Å². The Balaban J connectivity index is 0.000000367. The summed E-state index contributed by atoms with van der Waals surface area (Å²) >= 11 is 0. The fourth-order valence-corrected chi connectivity index (χ4v) is 4.26. The number of allylic oxidation sites excluding steroid dienone is 1. The number of halogens is 7. The van der Waals surface area contributed by atoms with E-state index in [0.717, 1.165) is 31.6 Å². The number of carboxylic acid groups (broad SMARTS) is 2. The Morgan fingerprint density at radius 3 is 2.00 bits per heavy atom. The molecule has 2 fully saturated rings. The molecule has 42 heavy (non-hydrogen) atoms. The second-order valence-electron chi connectivity index (χ2n) is 9.31. The maximum atomic E-state index is 13.2. The number of benzene rings is 1. The van der Waals surface area contributed by atoms with E-state index < -0.39 is 35.8 Å². The summed E-state index contributed by atoms with van der Waals surface area (Å²) in [5, 5.41) is 26.2. The third-order valence-electron chi connectivity index (χ3n) is 6.27. The second-order valence-corrected chi connectivity index (χ2v) is 9.31. The van der Waals surface area contributed by atoms with E-state index in [1.807, 2.05) is 0 Å². The molecule has 4 rings (SSSR count). The Bertz CT molecular complexity index is 1200. The van der Waals surface area contributed by atoms with Crippen LogP contribution in [0.1, 0.15) is 31.2 Å². The van der Waals surface area contributed by atoms with Gasteiger partial charge >= 0.3 is 29.9 Å². The smallest absolute Gasteiger partial charge is 0.490 e. The molecule has 3 heterocycles. The Hall–Kier alpha value is -4.02. The molecule has 0 radical (unpaired) electrons. The SMILES string of the molecule is O=C(O)C(F)(F)F.O=C([O-])C(F)(F)F.O=C1CC=[N+]2C(=C1O)C(=O)N(Cc1ccc(F)cc1)CC2CCN1CCCC1. The number of likely N-dealkylation sites (tertiary alicyclic amines) is 1. The number of aliphatic carboxylic acids is 2. The number of piperazine rings is 1. The summed E-state index contributed by atoms with van der Waals surface area (Å²) < 4.78 is 78.3. The van der Waals surface area contributed by atoms with E-state index in [-0.39, 0.29) is 29.9 Å². The molecule has 0 aliphatic carbocycles. The van der Waals surface area contributed by atoms with Gasteiger partial charge in [-0.15, -0.1) is 0 Å². The zero-order valence-corrected chi connectivity index (χ0v) is 21.8. The molecule has 1 aromatic rings. The molecule has 0 bridgehead atoms. The van der Waals surface area contributed by atoms with Crippen LogP contribution in [0, 0.1) is 5.82 Å². The molecular weight excluding hydrogens is 587 g/mol. The highest BCUT2D eigenvalue weighted by molar-refractivity contribution is 6.08. The van der Waals surface area contributed by atoms with Gasteiger partial charge in [0.05, 0.1) is 13.0 Å². The van der Waals surface area contributed by atoms with Crippen LogP contribution in [0.4, 0.5) is 30.7 Å². The van der Waals surface area contributed by atoms with Crippen LogP contribution in [0.2, 0.25) is 0 Å². The van der Waals surface area contributed by atoms with Gasteiger partial charge < -0.3 is 29.9 Å². The standard InChI is InChI=1S/C21H24FN3O3.2C2HF3O2/c22-16-5-3-15(4-6-16)13-24-14-17(7-11-23-9-1-2-10-23)25-12-8-18(26)20(27)19(25)21(24)28;2*3-2(4,5)1(6)7/h3-6,12,17H,1-2,7-11,13-14H2;2*(H,6,7). The molecule has 1 aromatic carbocycles. The molecule has 17 heteroatoms. The fraction of sp³-hybridized carbons (Fsp3) is 0.480. The van der Waals surface area contributed by atoms with Crippen molar-refractivity contribution in [3.05, 3.63) is 47.1 Å². The van der Waals surface area contributed by atoms with Crippen molar-refractivity contribution in [1.82, 2.24) is 9.80 Å². The lowest BCUT2D eigenvalue weighted by atomic mass is 10.0. The Labute approximate surface area is 233 Å². The maximum absolute atomic E-state index is 13.2. The third kappa shape index (κ3) is 9.81. The minimum atomic E-state index is -5.19. The number of hydrogen-bond donors (Lipinski definition) is 2. The van der Waals surface area contributed by atoms with Gasteiger partial charge in [-0.05, 0) is 43.6 Å². The quantitative estimate of drug-likeness (QED) is 0.379. The number of ketones is 1. The fourth-order valence-electron chi connectivity index (χ4n) is 4.26. The highest BCUT2D eigenvalue weighted by Gasteiger charge is 2.46. The molecule has 2 N–H and O–H groups in total. The normalized spacial score (nSPS) is 19.3. The van der Waals surface area contributed by atoms with Gasteiger partial charge in [-0.1, -0.05) is 12.1 Å². The Kier molecular flexibility index (Phi) is 11.6. The van der Waals surface area contributed by atoms with Crippen LogP contribution >= 0.6 is 0 Å². The van der Waals surface area contributed by atoms with Crippen molar-refractivity contribution in [3.8, 4) is 0 Å². The van der Waals surface area contributed by atoms with Crippen LogP contribution in [-0.4, -0.2) is 99.0 Å². The zero-order valence-electron chi connectivity index (χ0n) is 21.8. The lowest BCUT2D eigenvalue weighted by Gasteiger charge is -2.33. The minimum Gasteiger partial charge on any atom is -0.542 e. The first-order valence-electron chi connectivity index (χ1n) is 12.3. The van der Waals surface area contributed by atoms with Crippen LogP contribution in [0.15, 0.2) is 35.7 Å². The van der Waals surface area contributed by atoms with Crippen LogP contribution < -0.4 is 5.11 Å². The lowest BCUT2D eigenvalue weighted by Crippen LogP contribution is -2.53. The number of hydrogen-bond acceptors (Lipinski definition) is 7. The first-order valence-corrected chi connectivity index (χ1v) is 12.3. The monoisotopic (exact) mass is 613 g/mol. The molecule has 232 valence electrons. The van der Waals surface area contributed by atoms with Gasteiger partial charge in [0.2, 0.25) is 11.5 Å². The topological polar surface area (TPSA) is 141 Å². The third-order valence-corrected chi connectivity index (χ3v) is 6.27. The summed E-state index contributed by atoms with van der Waals surface area (Å²) in [4.78, 5) is 46.7. The highest BCUT2D eigenvalue weighted by Crippen LogP contribution is 2.25. The summed E-state index contributed by atoms with van der Waals surface area (Å²) in [6.45, 7) is 3.95. The number of carbonyl (C=O) groups excluding carboxylic acids is 3. The molecule has 3 aliphatic heterocycles. The number of alkyl halides is 6. The number of rotatable bonds is 5. The summed E-state index contributed by atoms with van der Waals surface area (Å²) in [7, 11) is 0. The first kappa shape index (κ1) is 34.2. The minimum absolute atomic E-state index is 0.00370. The number of aliphatic hydroxyl groups excluding tert-OH is 1. The van der Waals surface area contributed by atoms with Gasteiger partial charge in [-0.25, -0.2) is 9.18 Å². The van der Waals surface area contributed by atoms with E-state index in [4.69, 9.17) is 19.8 Å². The second kappa shape index (κ2) is 14.2. The number of carbonyl (C=O) groups is 4. The molecule has 2 saturated heterocycles. The summed E-state index contributed by atoms with van der Waals surface area (Å²) in [6.07, 6.45) is -5.15. The lowest BCUT2D eigenvalue weighted by molar-refractivity contribution is -0.522. The van der Waals surface area contributed by atoms with Crippen molar-refractivity contribution in [2.24, 2.45) is 0 Å². The van der Waals surface area contributed by atoms with Crippen molar-refractivity contribution < 1.29 is 69.8 Å². The predicted molar refractivity (Wildman–Crippen MR) is 126 cm³/mol. The average Bonchev–Trinajstić information content (AvgIpc) is 3.41. The number of carboxylic acids is 2. The van der Waals surface area contributed by atoms with Crippen LogP contribution in [0.5, 0.6) is 0 Å². The Morgan fingerprint density at radius 1 is 1.00 bits per heavy atom. The van der Waals surface area contributed by atoms with E-state index >= 15 is 0 Å². The number of fused-ring (bicyclic) bond motifs is 1. The predicted octanol–water partition coefficient (Wildman–Crippen LogP) is 1.78. The van der Waals surface area contributed by atoms with E-state index in [1.165, 1.54) is 25.0 Å².